The quantitative estimate of drug-likeness (QED) is 0.704. The molecule has 0 fully saturated rings. The van der Waals surface area contributed by atoms with Crippen molar-refractivity contribution in [3.8, 4) is 23.0 Å². The Morgan fingerprint density at radius 3 is 2.64 bits per heavy atom. The molecule has 0 aliphatic carbocycles. The Bertz CT molecular complexity index is 769. The van der Waals surface area contributed by atoms with Gasteiger partial charge in [-0.25, -0.2) is 4.39 Å². The summed E-state index contributed by atoms with van der Waals surface area (Å²) in [5.74, 6) is 2.11. The molecule has 7 heteroatoms. The highest BCUT2D eigenvalue weighted by Crippen LogP contribution is 2.36. The van der Waals surface area contributed by atoms with Crippen molar-refractivity contribution in [1.29, 1.82) is 0 Å². The van der Waals surface area contributed by atoms with Crippen molar-refractivity contribution in [3.63, 3.8) is 0 Å². The molecule has 2 aromatic carbocycles. The van der Waals surface area contributed by atoms with Gasteiger partial charge in [0, 0.05) is 22.6 Å². The van der Waals surface area contributed by atoms with Crippen LogP contribution in [0.4, 0.5) is 4.39 Å². The second kappa shape index (κ2) is 7.93. The van der Waals surface area contributed by atoms with Gasteiger partial charge >= 0.3 is 0 Å². The van der Waals surface area contributed by atoms with E-state index < -0.39 is 0 Å². The maximum atomic E-state index is 14.1. The Kier molecular flexibility index (Phi) is 5.65. The van der Waals surface area contributed by atoms with Gasteiger partial charge < -0.3 is 24.3 Å². The predicted octanol–water partition coefficient (Wildman–Crippen LogP) is 3.67. The molecule has 1 aliphatic rings. The highest BCUT2D eigenvalue weighted by molar-refractivity contribution is 9.10. The second-order valence-electron chi connectivity index (χ2n) is 5.49. The molecular formula is C18H19BrFNO4. The summed E-state index contributed by atoms with van der Waals surface area (Å²) in [6, 6.07) is 6.82. The van der Waals surface area contributed by atoms with Crippen LogP contribution in [0, 0.1) is 5.82 Å². The fourth-order valence-corrected chi connectivity index (χ4v) is 3.17. The van der Waals surface area contributed by atoms with E-state index in [1.54, 1.807) is 20.3 Å². The van der Waals surface area contributed by atoms with Gasteiger partial charge in [0.1, 0.15) is 5.82 Å². The minimum absolute atomic E-state index is 0.139. The molecule has 25 heavy (non-hydrogen) atoms. The van der Waals surface area contributed by atoms with Crippen molar-refractivity contribution < 1.29 is 23.3 Å². The van der Waals surface area contributed by atoms with Crippen molar-refractivity contribution in [2.75, 3.05) is 27.6 Å². The molecule has 0 amide bonds. The molecule has 0 atom stereocenters. The van der Waals surface area contributed by atoms with Crippen LogP contribution in [0.15, 0.2) is 28.7 Å². The number of fused-ring (bicyclic) bond motifs is 1. The average molecular weight is 412 g/mol. The van der Waals surface area contributed by atoms with Gasteiger partial charge in [-0.1, -0.05) is 15.9 Å². The van der Waals surface area contributed by atoms with Crippen LogP contribution in [-0.2, 0) is 13.0 Å². The van der Waals surface area contributed by atoms with Crippen LogP contribution >= 0.6 is 15.9 Å². The lowest BCUT2D eigenvalue weighted by atomic mass is 10.1. The lowest BCUT2D eigenvalue weighted by Crippen LogP contribution is -2.18. The topological polar surface area (TPSA) is 49.0 Å². The van der Waals surface area contributed by atoms with E-state index >= 15 is 0 Å². The highest BCUT2D eigenvalue weighted by atomic mass is 79.9. The van der Waals surface area contributed by atoms with E-state index in [1.165, 1.54) is 6.07 Å². The van der Waals surface area contributed by atoms with Crippen LogP contribution in [0.3, 0.4) is 0 Å². The Morgan fingerprint density at radius 1 is 1.16 bits per heavy atom. The van der Waals surface area contributed by atoms with Gasteiger partial charge in [0.15, 0.2) is 23.0 Å². The normalized spacial score (nSPS) is 12.3. The fourth-order valence-electron chi connectivity index (χ4n) is 2.72. The van der Waals surface area contributed by atoms with Crippen LogP contribution in [-0.4, -0.2) is 27.6 Å². The van der Waals surface area contributed by atoms with Gasteiger partial charge in [0.05, 0.1) is 14.2 Å². The van der Waals surface area contributed by atoms with Gasteiger partial charge in [-0.3, -0.25) is 0 Å². The van der Waals surface area contributed by atoms with Crippen LogP contribution in [0.1, 0.15) is 11.1 Å². The number of benzene rings is 2. The van der Waals surface area contributed by atoms with Crippen molar-refractivity contribution in [1.82, 2.24) is 5.32 Å². The number of hydrogen-bond acceptors (Lipinski definition) is 5. The molecule has 1 N–H and O–H groups in total. The molecule has 5 nitrogen and oxygen atoms in total. The summed E-state index contributed by atoms with van der Waals surface area (Å²) < 4.78 is 36.2. The maximum absolute atomic E-state index is 14.1. The first kappa shape index (κ1) is 17.8. The highest BCUT2D eigenvalue weighted by Gasteiger charge is 2.17. The standard InChI is InChI=1S/C18H19BrFNO4/c1-22-15-4-3-13(19)12(18(15)23-2)9-21-6-5-11-7-16-17(8-14(11)20)25-10-24-16/h3-4,7-8,21H,5-6,9-10H2,1-2H3. The lowest BCUT2D eigenvalue weighted by molar-refractivity contribution is 0.174. The maximum Gasteiger partial charge on any atom is 0.231 e. The number of methoxy groups -OCH3 is 2. The molecule has 0 saturated heterocycles. The number of ether oxygens (including phenoxy) is 4. The fraction of sp³-hybridized carbons (Fsp3) is 0.333. The van der Waals surface area contributed by atoms with Crippen LogP contribution in [0.2, 0.25) is 0 Å². The summed E-state index contributed by atoms with van der Waals surface area (Å²) in [5, 5.41) is 3.31. The van der Waals surface area contributed by atoms with Crippen LogP contribution < -0.4 is 24.3 Å². The molecule has 0 unspecified atom stereocenters. The van der Waals surface area contributed by atoms with E-state index in [0.717, 1.165) is 10.0 Å². The molecule has 2 aromatic rings. The molecular weight excluding hydrogens is 393 g/mol. The first-order valence-corrected chi connectivity index (χ1v) is 8.61. The molecule has 3 rings (SSSR count). The molecule has 1 aliphatic heterocycles. The Morgan fingerprint density at radius 2 is 1.92 bits per heavy atom. The first-order valence-electron chi connectivity index (χ1n) is 7.82. The van der Waals surface area contributed by atoms with E-state index in [4.69, 9.17) is 18.9 Å². The summed E-state index contributed by atoms with van der Waals surface area (Å²) >= 11 is 3.53. The van der Waals surface area contributed by atoms with E-state index in [2.05, 4.69) is 21.2 Å². The van der Waals surface area contributed by atoms with Crippen LogP contribution in [0.25, 0.3) is 0 Å². The molecule has 0 aromatic heterocycles. The van der Waals surface area contributed by atoms with Crippen molar-refractivity contribution >= 4 is 15.9 Å². The number of nitrogens with one attached hydrogen (secondary N) is 1. The summed E-state index contributed by atoms with van der Waals surface area (Å²) in [7, 11) is 3.21. The Labute approximate surface area is 154 Å². The zero-order chi connectivity index (χ0) is 17.8. The molecule has 1 heterocycles. The Hall–Kier alpha value is -1.99. The van der Waals surface area contributed by atoms with Crippen molar-refractivity contribution in [2.45, 2.75) is 13.0 Å². The number of halogens is 2. The average Bonchev–Trinajstić information content (AvgIpc) is 3.06. The summed E-state index contributed by atoms with van der Waals surface area (Å²) in [6.45, 7) is 1.30. The summed E-state index contributed by atoms with van der Waals surface area (Å²) in [4.78, 5) is 0. The number of hydrogen-bond donors (Lipinski definition) is 1. The zero-order valence-corrected chi connectivity index (χ0v) is 15.6. The third-order valence-corrected chi connectivity index (χ3v) is 4.75. The van der Waals surface area contributed by atoms with Gasteiger partial charge in [0.25, 0.3) is 0 Å². The first-order chi connectivity index (χ1) is 12.1. The number of rotatable bonds is 7. The van der Waals surface area contributed by atoms with E-state index in [0.29, 0.717) is 48.1 Å². The zero-order valence-electron chi connectivity index (χ0n) is 14.0. The monoisotopic (exact) mass is 411 g/mol. The molecule has 0 radical (unpaired) electrons. The third kappa shape index (κ3) is 3.82. The predicted molar refractivity (Wildman–Crippen MR) is 95.2 cm³/mol. The van der Waals surface area contributed by atoms with Gasteiger partial charge in [-0.2, -0.15) is 0 Å². The largest absolute Gasteiger partial charge is 0.493 e. The SMILES string of the molecule is COc1ccc(Br)c(CNCCc2cc3c(cc2F)OCO3)c1OC. The molecule has 134 valence electrons. The van der Waals surface area contributed by atoms with E-state index in [-0.39, 0.29) is 12.6 Å². The molecule has 0 bridgehead atoms. The van der Waals surface area contributed by atoms with Crippen LogP contribution in [0.5, 0.6) is 23.0 Å². The van der Waals surface area contributed by atoms with Gasteiger partial charge in [-0.15, -0.1) is 0 Å². The summed E-state index contributed by atoms with van der Waals surface area (Å²) in [5.41, 5.74) is 1.54. The smallest absolute Gasteiger partial charge is 0.231 e. The van der Waals surface area contributed by atoms with Gasteiger partial charge in [-0.05, 0) is 36.7 Å². The van der Waals surface area contributed by atoms with E-state index in [1.807, 2.05) is 12.1 Å². The van der Waals surface area contributed by atoms with Crippen molar-refractivity contribution in [3.05, 3.63) is 45.7 Å². The minimum atomic E-state index is -0.286. The minimum Gasteiger partial charge on any atom is -0.493 e. The second-order valence-corrected chi connectivity index (χ2v) is 6.34. The lowest BCUT2D eigenvalue weighted by Gasteiger charge is -2.15. The third-order valence-electron chi connectivity index (χ3n) is 4.01. The van der Waals surface area contributed by atoms with Gasteiger partial charge in [0.2, 0.25) is 6.79 Å². The molecule has 0 spiro atoms. The molecule has 0 saturated carbocycles. The van der Waals surface area contributed by atoms with Crippen molar-refractivity contribution in [2.24, 2.45) is 0 Å². The summed E-state index contributed by atoms with van der Waals surface area (Å²) in [6.07, 6.45) is 0.534. The van der Waals surface area contributed by atoms with E-state index in [9.17, 15) is 4.39 Å². The Balaban J connectivity index is 1.63.